The summed E-state index contributed by atoms with van der Waals surface area (Å²) in [5.74, 6) is -0.0903. The third-order valence-electron chi connectivity index (χ3n) is 3.15. The van der Waals surface area contributed by atoms with Gasteiger partial charge in [0.15, 0.2) is 0 Å². The van der Waals surface area contributed by atoms with E-state index < -0.39 is 12.3 Å². The van der Waals surface area contributed by atoms with Crippen LogP contribution < -0.4 is 0 Å². The molecule has 3 heteroatoms. The average Bonchev–Trinajstić information content (AvgIpc) is 2.27. The molecule has 16 heavy (non-hydrogen) atoms. The Bertz CT molecular complexity index is 318. The molecule has 0 spiro atoms. The number of β-amino-alcohol motifs (C(OH)–C–C–N with tert-alkyl or cyclic N) is 1. The largest absolute Gasteiger partial charge is 0.389 e. The summed E-state index contributed by atoms with van der Waals surface area (Å²) in [6, 6.07) is 10.1. The maximum Gasteiger partial charge on any atom is 0.131 e. The lowest BCUT2D eigenvalue weighted by atomic mass is 9.95. The van der Waals surface area contributed by atoms with E-state index in [9.17, 15) is 9.50 Å². The van der Waals surface area contributed by atoms with Crippen molar-refractivity contribution in [3.05, 3.63) is 35.9 Å². The summed E-state index contributed by atoms with van der Waals surface area (Å²) in [6.45, 7) is 3.79. The zero-order valence-electron chi connectivity index (χ0n) is 9.51. The van der Waals surface area contributed by atoms with Crippen molar-refractivity contribution < 1.29 is 9.50 Å². The number of hydrogen-bond acceptors (Lipinski definition) is 2. The maximum atomic E-state index is 13.4. The molecule has 1 aliphatic heterocycles. The van der Waals surface area contributed by atoms with Gasteiger partial charge in [0.25, 0.3) is 0 Å². The van der Waals surface area contributed by atoms with Gasteiger partial charge in [0.05, 0.1) is 6.10 Å². The van der Waals surface area contributed by atoms with E-state index in [4.69, 9.17) is 0 Å². The molecule has 0 bridgehead atoms. The minimum Gasteiger partial charge on any atom is -0.389 e. The summed E-state index contributed by atoms with van der Waals surface area (Å²) in [4.78, 5) is 2.11. The van der Waals surface area contributed by atoms with E-state index in [1.54, 1.807) is 0 Å². The van der Waals surface area contributed by atoms with Crippen LogP contribution in [0.3, 0.4) is 0 Å². The smallest absolute Gasteiger partial charge is 0.131 e. The fourth-order valence-electron chi connectivity index (χ4n) is 2.30. The van der Waals surface area contributed by atoms with Gasteiger partial charge in [-0.15, -0.1) is 0 Å². The summed E-state index contributed by atoms with van der Waals surface area (Å²) in [7, 11) is 0. The number of halogens is 1. The molecule has 1 aromatic carbocycles. The van der Waals surface area contributed by atoms with Crippen LogP contribution in [0.2, 0.25) is 0 Å². The number of aliphatic hydroxyl groups is 1. The van der Waals surface area contributed by atoms with E-state index in [0.717, 1.165) is 6.54 Å². The van der Waals surface area contributed by atoms with Gasteiger partial charge in [-0.05, 0) is 5.56 Å². The van der Waals surface area contributed by atoms with Gasteiger partial charge in [-0.25, -0.2) is 4.39 Å². The number of nitrogens with zero attached hydrogens (tertiary/aromatic N) is 1. The predicted molar refractivity (Wildman–Crippen MR) is 61.8 cm³/mol. The number of benzene rings is 1. The van der Waals surface area contributed by atoms with Crippen LogP contribution in [0.5, 0.6) is 0 Å². The molecular formula is C13H18FNO. The molecule has 0 radical (unpaired) electrons. The highest BCUT2D eigenvalue weighted by molar-refractivity contribution is 5.14. The fourth-order valence-corrected chi connectivity index (χ4v) is 2.30. The van der Waals surface area contributed by atoms with E-state index in [1.807, 2.05) is 25.1 Å². The number of aliphatic hydroxyl groups excluding tert-OH is 1. The SMILES string of the molecule is CC1CN(Cc2ccccc2)C[C@@H](O)C1F. The lowest BCUT2D eigenvalue weighted by molar-refractivity contribution is -0.0297. The minimum absolute atomic E-state index is 0.0903. The molecule has 1 saturated heterocycles. The van der Waals surface area contributed by atoms with Crippen LogP contribution in [-0.2, 0) is 6.54 Å². The molecule has 1 aromatic rings. The van der Waals surface area contributed by atoms with Gasteiger partial charge in [-0.1, -0.05) is 37.3 Å². The van der Waals surface area contributed by atoms with E-state index in [-0.39, 0.29) is 5.92 Å². The molecule has 2 nitrogen and oxygen atoms in total. The second-order valence-corrected chi connectivity index (χ2v) is 4.67. The molecule has 0 saturated carbocycles. The van der Waals surface area contributed by atoms with Gasteiger partial charge in [0, 0.05) is 25.6 Å². The number of hydrogen-bond donors (Lipinski definition) is 1. The first-order valence-electron chi connectivity index (χ1n) is 5.75. The van der Waals surface area contributed by atoms with Gasteiger partial charge in [0.2, 0.25) is 0 Å². The normalized spacial score (nSPS) is 31.6. The molecule has 2 unspecified atom stereocenters. The molecule has 88 valence electrons. The van der Waals surface area contributed by atoms with Crippen molar-refractivity contribution in [2.24, 2.45) is 5.92 Å². The summed E-state index contributed by atoms with van der Waals surface area (Å²) in [5.41, 5.74) is 1.21. The Kier molecular flexibility index (Phi) is 3.56. The zero-order chi connectivity index (χ0) is 11.5. The third kappa shape index (κ3) is 2.60. The van der Waals surface area contributed by atoms with Crippen LogP contribution in [0.25, 0.3) is 0 Å². The highest BCUT2D eigenvalue weighted by Crippen LogP contribution is 2.21. The van der Waals surface area contributed by atoms with Gasteiger partial charge in [-0.2, -0.15) is 0 Å². The number of piperidine rings is 1. The molecular weight excluding hydrogens is 205 g/mol. The Labute approximate surface area is 95.7 Å². The quantitative estimate of drug-likeness (QED) is 0.827. The van der Waals surface area contributed by atoms with Crippen LogP contribution in [0.1, 0.15) is 12.5 Å². The van der Waals surface area contributed by atoms with E-state index in [1.165, 1.54) is 5.56 Å². The van der Waals surface area contributed by atoms with Crippen molar-refractivity contribution in [3.63, 3.8) is 0 Å². The predicted octanol–water partition coefficient (Wildman–Crippen LogP) is 1.84. The minimum atomic E-state index is -1.08. The molecule has 0 aromatic heterocycles. The van der Waals surface area contributed by atoms with E-state index in [2.05, 4.69) is 17.0 Å². The van der Waals surface area contributed by atoms with Crippen molar-refractivity contribution in [2.45, 2.75) is 25.7 Å². The van der Waals surface area contributed by atoms with Crippen molar-refractivity contribution in [1.82, 2.24) is 4.90 Å². The summed E-state index contributed by atoms with van der Waals surface area (Å²) in [6.07, 6.45) is -1.92. The topological polar surface area (TPSA) is 23.5 Å². The Hall–Kier alpha value is -0.930. The summed E-state index contributed by atoms with van der Waals surface area (Å²) < 4.78 is 13.4. The Balaban J connectivity index is 1.97. The third-order valence-corrected chi connectivity index (χ3v) is 3.15. The number of likely N-dealkylation sites (tertiary alicyclic amines) is 1. The first-order chi connectivity index (χ1) is 7.66. The van der Waals surface area contributed by atoms with Crippen molar-refractivity contribution in [1.29, 1.82) is 0 Å². The molecule has 1 aliphatic rings. The standard InChI is InChI=1S/C13H18FNO/c1-10-7-15(9-12(16)13(10)14)8-11-5-3-2-4-6-11/h2-6,10,12-13,16H,7-9H2,1H3/t10?,12-,13?/m1/s1. The molecule has 1 N–H and O–H groups in total. The van der Waals surface area contributed by atoms with Gasteiger partial charge < -0.3 is 5.11 Å². The Morgan fingerprint density at radius 2 is 2.00 bits per heavy atom. The van der Waals surface area contributed by atoms with E-state index in [0.29, 0.717) is 13.1 Å². The van der Waals surface area contributed by atoms with Gasteiger partial charge >= 0.3 is 0 Å². The first kappa shape index (κ1) is 11.6. The molecule has 3 atom stereocenters. The zero-order valence-corrected chi connectivity index (χ0v) is 9.51. The molecule has 2 rings (SSSR count). The van der Waals surface area contributed by atoms with Crippen molar-refractivity contribution in [2.75, 3.05) is 13.1 Å². The lowest BCUT2D eigenvalue weighted by Crippen LogP contribution is -2.49. The molecule has 0 aliphatic carbocycles. The lowest BCUT2D eigenvalue weighted by Gasteiger charge is -2.36. The molecule has 1 heterocycles. The summed E-state index contributed by atoms with van der Waals surface area (Å²) in [5, 5.41) is 9.58. The van der Waals surface area contributed by atoms with Crippen LogP contribution in [0.15, 0.2) is 30.3 Å². The van der Waals surface area contributed by atoms with Gasteiger partial charge in [-0.3, -0.25) is 4.90 Å². The molecule has 1 fully saturated rings. The number of alkyl halides is 1. The van der Waals surface area contributed by atoms with Crippen LogP contribution >= 0.6 is 0 Å². The second-order valence-electron chi connectivity index (χ2n) is 4.67. The van der Waals surface area contributed by atoms with Crippen molar-refractivity contribution >= 4 is 0 Å². The second kappa shape index (κ2) is 4.93. The Morgan fingerprint density at radius 3 is 2.62 bits per heavy atom. The highest BCUT2D eigenvalue weighted by Gasteiger charge is 2.33. The number of rotatable bonds is 2. The first-order valence-corrected chi connectivity index (χ1v) is 5.75. The van der Waals surface area contributed by atoms with E-state index >= 15 is 0 Å². The van der Waals surface area contributed by atoms with Crippen LogP contribution in [0.4, 0.5) is 4.39 Å². The van der Waals surface area contributed by atoms with Crippen LogP contribution in [-0.4, -0.2) is 35.4 Å². The fraction of sp³-hybridized carbons (Fsp3) is 0.538. The van der Waals surface area contributed by atoms with Crippen molar-refractivity contribution in [3.8, 4) is 0 Å². The summed E-state index contributed by atoms with van der Waals surface area (Å²) >= 11 is 0. The highest BCUT2D eigenvalue weighted by atomic mass is 19.1. The Morgan fingerprint density at radius 1 is 1.31 bits per heavy atom. The van der Waals surface area contributed by atoms with Crippen LogP contribution in [0, 0.1) is 5.92 Å². The monoisotopic (exact) mass is 223 g/mol. The maximum absolute atomic E-state index is 13.4. The average molecular weight is 223 g/mol. The molecule has 0 amide bonds. The van der Waals surface area contributed by atoms with Gasteiger partial charge in [0.1, 0.15) is 6.17 Å².